The molecule has 274 valence electrons. The van der Waals surface area contributed by atoms with Crippen molar-refractivity contribution in [1.82, 2.24) is 10.2 Å². The van der Waals surface area contributed by atoms with E-state index in [9.17, 15) is 9.90 Å². The van der Waals surface area contributed by atoms with E-state index in [-0.39, 0.29) is 24.8 Å². The molecule has 0 aliphatic carbocycles. The molecule has 1 saturated heterocycles. The van der Waals surface area contributed by atoms with E-state index in [1.54, 1.807) is 0 Å². The Morgan fingerprint density at radius 3 is 2.09 bits per heavy atom. The summed E-state index contributed by atoms with van der Waals surface area (Å²) in [5, 5.41) is 15.4. The molecule has 6 aromatic rings. The molecule has 0 bridgehead atoms. The lowest BCUT2D eigenvalue weighted by molar-refractivity contribution is -0.252. The van der Waals surface area contributed by atoms with Crippen molar-refractivity contribution >= 4 is 11.7 Å². The van der Waals surface area contributed by atoms with Crippen LogP contribution in [0.15, 0.2) is 158 Å². The number of hydrogen-bond acceptors (Lipinski definition) is 6. The van der Waals surface area contributed by atoms with Crippen molar-refractivity contribution in [3.8, 4) is 22.6 Å². The molecular weight excluding hydrogens is 675 g/mol. The molecule has 8 heteroatoms. The number of anilines is 1. The van der Waals surface area contributed by atoms with Crippen LogP contribution in [0.2, 0.25) is 0 Å². The van der Waals surface area contributed by atoms with E-state index in [0.717, 1.165) is 58.6 Å². The lowest BCUT2D eigenvalue weighted by Crippen LogP contribution is -2.37. The van der Waals surface area contributed by atoms with Crippen molar-refractivity contribution in [1.29, 1.82) is 0 Å². The SMILES string of the molecule is CN(Cc1ccccc1)CC1CC(c2ccc(CO)cc2)OC(c2ccc(-c3cccc(CNC(=O)Nc4ccc(Oc5ccccc5)cc4)c3)cc2)O1. The minimum atomic E-state index is -0.535. The Kier molecular flexibility index (Phi) is 12.1. The highest BCUT2D eigenvalue weighted by Crippen LogP contribution is 2.39. The maximum Gasteiger partial charge on any atom is 0.319 e. The molecule has 3 unspecified atom stereocenters. The number of carbonyl (C=O) groups is 1. The third-order valence-electron chi connectivity index (χ3n) is 9.41. The first kappa shape index (κ1) is 36.6. The van der Waals surface area contributed by atoms with Gasteiger partial charge in [-0.15, -0.1) is 0 Å². The second kappa shape index (κ2) is 17.8. The molecule has 0 aromatic heterocycles. The monoisotopic (exact) mass is 719 g/mol. The van der Waals surface area contributed by atoms with E-state index in [1.165, 1.54) is 5.56 Å². The topological polar surface area (TPSA) is 92.3 Å². The number of rotatable bonds is 13. The first-order valence-electron chi connectivity index (χ1n) is 18.3. The molecule has 1 aliphatic heterocycles. The number of carbonyl (C=O) groups excluding carboxylic acids is 1. The number of aliphatic hydroxyl groups is 1. The number of nitrogens with one attached hydrogen (secondary N) is 2. The van der Waals surface area contributed by atoms with Crippen molar-refractivity contribution in [2.75, 3.05) is 18.9 Å². The molecule has 2 amide bonds. The molecule has 8 nitrogen and oxygen atoms in total. The Hall–Kier alpha value is -5.77. The fraction of sp³-hybridized carbons (Fsp3) is 0.196. The van der Waals surface area contributed by atoms with Crippen LogP contribution in [0.25, 0.3) is 11.1 Å². The van der Waals surface area contributed by atoms with Gasteiger partial charge in [0.05, 0.1) is 18.8 Å². The highest BCUT2D eigenvalue weighted by atomic mass is 16.7. The van der Waals surface area contributed by atoms with E-state index < -0.39 is 6.29 Å². The van der Waals surface area contributed by atoms with E-state index in [4.69, 9.17) is 14.2 Å². The lowest BCUT2D eigenvalue weighted by atomic mass is 9.99. The average Bonchev–Trinajstić information content (AvgIpc) is 3.21. The summed E-state index contributed by atoms with van der Waals surface area (Å²) in [5.41, 5.74) is 7.89. The lowest BCUT2D eigenvalue weighted by Gasteiger charge is -2.38. The van der Waals surface area contributed by atoms with Gasteiger partial charge in [-0.25, -0.2) is 4.79 Å². The Morgan fingerprint density at radius 2 is 1.37 bits per heavy atom. The van der Waals surface area contributed by atoms with Gasteiger partial charge < -0.3 is 30.0 Å². The molecule has 1 aliphatic rings. The number of ether oxygens (including phenoxy) is 3. The number of amides is 2. The van der Waals surface area contributed by atoms with Gasteiger partial charge in [0.15, 0.2) is 6.29 Å². The van der Waals surface area contributed by atoms with Crippen LogP contribution in [0.5, 0.6) is 11.5 Å². The van der Waals surface area contributed by atoms with Crippen molar-refractivity contribution in [3.05, 3.63) is 186 Å². The van der Waals surface area contributed by atoms with Gasteiger partial charge in [0.25, 0.3) is 0 Å². The summed E-state index contributed by atoms with van der Waals surface area (Å²) in [6, 6.07) is 51.4. The molecule has 3 atom stereocenters. The van der Waals surface area contributed by atoms with Gasteiger partial charge in [-0.3, -0.25) is 4.90 Å². The highest BCUT2D eigenvalue weighted by Gasteiger charge is 2.32. The van der Waals surface area contributed by atoms with Crippen LogP contribution in [-0.4, -0.2) is 35.7 Å². The number of hydrogen-bond donors (Lipinski definition) is 3. The normalized spacial score (nSPS) is 16.8. The summed E-state index contributed by atoms with van der Waals surface area (Å²) in [5.74, 6) is 1.45. The summed E-state index contributed by atoms with van der Waals surface area (Å²) >= 11 is 0. The zero-order valence-electron chi connectivity index (χ0n) is 30.3. The van der Waals surface area contributed by atoms with Crippen molar-refractivity contribution in [2.45, 2.75) is 44.6 Å². The van der Waals surface area contributed by atoms with Crippen LogP contribution in [0.4, 0.5) is 10.5 Å². The summed E-state index contributed by atoms with van der Waals surface area (Å²) in [6.45, 7) is 1.97. The van der Waals surface area contributed by atoms with E-state index in [2.05, 4.69) is 83.2 Å². The second-order valence-electron chi connectivity index (χ2n) is 13.6. The standard InChI is InChI=1S/C46H45N3O5/c1-49(30-33-9-4-2-5-10-33)31-43-28-44(37-17-15-34(32-50)16-18-37)54-45(53-43)38-21-19-36(20-22-38)39-12-8-11-35(27-39)29-47-46(51)48-40-23-25-42(26-24-40)52-41-13-6-3-7-14-41/h2-27,43-45,50H,28-32H2,1H3,(H2,47,48,51). The number of urea groups is 1. The largest absolute Gasteiger partial charge is 0.457 e. The summed E-state index contributed by atoms with van der Waals surface area (Å²) < 4.78 is 19.1. The predicted octanol–water partition coefficient (Wildman–Crippen LogP) is 9.64. The fourth-order valence-corrected chi connectivity index (χ4v) is 6.62. The van der Waals surface area contributed by atoms with Gasteiger partial charge in [0.2, 0.25) is 0 Å². The van der Waals surface area contributed by atoms with E-state index >= 15 is 0 Å². The molecule has 7 rings (SSSR count). The molecule has 1 fully saturated rings. The number of nitrogens with zero attached hydrogens (tertiary/aromatic N) is 1. The van der Waals surface area contributed by atoms with Gasteiger partial charge in [-0.1, -0.05) is 115 Å². The Bertz CT molecular complexity index is 2070. The highest BCUT2D eigenvalue weighted by molar-refractivity contribution is 5.89. The third-order valence-corrected chi connectivity index (χ3v) is 9.41. The zero-order chi connectivity index (χ0) is 37.1. The second-order valence-corrected chi connectivity index (χ2v) is 13.6. The van der Waals surface area contributed by atoms with Crippen LogP contribution < -0.4 is 15.4 Å². The first-order chi connectivity index (χ1) is 26.5. The van der Waals surface area contributed by atoms with Crippen LogP contribution in [0.1, 0.15) is 46.6 Å². The Balaban J connectivity index is 0.972. The molecule has 3 N–H and O–H groups in total. The van der Waals surface area contributed by atoms with Gasteiger partial charge in [-0.2, -0.15) is 0 Å². The molecule has 6 aromatic carbocycles. The van der Waals surface area contributed by atoms with Crippen LogP contribution >= 0.6 is 0 Å². The predicted molar refractivity (Wildman–Crippen MR) is 212 cm³/mol. The smallest absolute Gasteiger partial charge is 0.319 e. The Morgan fingerprint density at radius 1 is 0.704 bits per heavy atom. The minimum absolute atomic E-state index is 0.00710. The van der Waals surface area contributed by atoms with Crippen molar-refractivity contribution in [2.24, 2.45) is 0 Å². The van der Waals surface area contributed by atoms with Gasteiger partial charge in [0.1, 0.15) is 11.5 Å². The van der Waals surface area contributed by atoms with E-state index in [1.807, 2.05) is 97.1 Å². The number of aliphatic hydroxyl groups excluding tert-OH is 1. The van der Waals surface area contributed by atoms with Crippen molar-refractivity contribution in [3.63, 3.8) is 0 Å². The number of benzene rings is 6. The van der Waals surface area contributed by atoms with Crippen LogP contribution in [0.3, 0.4) is 0 Å². The summed E-state index contributed by atoms with van der Waals surface area (Å²) in [7, 11) is 2.12. The van der Waals surface area contributed by atoms with Crippen molar-refractivity contribution < 1.29 is 24.1 Å². The summed E-state index contributed by atoms with van der Waals surface area (Å²) in [4.78, 5) is 15.0. The third kappa shape index (κ3) is 10.0. The number of para-hydroxylation sites is 1. The van der Waals surface area contributed by atoms with Gasteiger partial charge in [0, 0.05) is 37.3 Å². The fourth-order valence-electron chi connectivity index (χ4n) is 6.62. The molecule has 0 radical (unpaired) electrons. The van der Waals surface area contributed by atoms with Gasteiger partial charge >= 0.3 is 6.03 Å². The average molecular weight is 720 g/mol. The van der Waals surface area contributed by atoms with Gasteiger partial charge in [-0.05, 0) is 82.9 Å². The van der Waals surface area contributed by atoms with Crippen LogP contribution in [0, 0.1) is 0 Å². The number of likely N-dealkylation sites (N-methyl/N-ethyl adjacent to an activating group) is 1. The maximum absolute atomic E-state index is 12.7. The van der Waals surface area contributed by atoms with E-state index in [0.29, 0.717) is 18.0 Å². The minimum Gasteiger partial charge on any atom is -0.457 e. The molecular formula is C46H45N3O5. The first-order valence-corrected chi connectivity index (χ1v) is 18.3. The maximum atomic E-state index is 12.7. The quantitative estimate of drug-likeness (QED) is 0.110. The molecule has 54 heavy (non-hydrogen) atoms. The molecule has 0 spiro atoms. The molecule has 1 heterocycles. The summed E-state index contributed by atoms with van der Waals surface area (Å²) in [6.07, 6.45) is -0.0112. The zero-order valence-corrected chi connectivity index (χ0v) is 30.3. The Labute approximate surface area is 317 Å². The molecule has 0 saturated carbocycles. The van der Waals surface area contributed by atoms with Crippen LogP contribution in [-0.2, 0) is 29.2 Å².